The van der Waals surface area contributed by atoms with Crippen molar-refractivity contribution in [2.24, 2.45) is 17.6 Å². The molecule has 0 aromatic heterocycles. The first-order valence-electron chi connectivity index (χ1n) is 4.31. The van der Waals surface area contributed by atoms with Gasteiger partial charge in [-0.15, -0.1) is 0 Å². The van der Waals surface area contributed by atoms with Gasteiger partial charge in [0, 0.05) is 19.1 Å². The number of nitrogens with two attached hydrogens (primary N) is 1. The molecule has 2 saturated heterocycles. The number of ether oxygens (including phenoxy) is 2. The van der Waals surface area contributed by atoms with Gasteiger partial charge in [-0.05, 0) is 12.3 Å². The van der Waals surface area contributed by atoms with E-state index in [4.69, 9.17) is 15.2 Å². The van der Waals surface area contributed by atoms with Gasteiger partial charge in [0.25, 0.3) is 0 Å². The highest BCUT2D eigenvalue weighted by Gasteiger charge is 2.38. The third-order valence-electron chi connectivity index (χ3n) is 2.77. The summed E-state index contributed by atoms with van der Waals surface area (Å²) in [6.07, 6.45) is 1.44. The van der Waals surface area contributed by atoms with E-state index >= 15 is 0 Å². The summed E-state index contributed by atoms with van der Waals surface area (Å²) >= 11 is 0. The molecule has 2 aliphatic heterocycles. The molecule has 2 heterocycles. The first-order valence-corrected chi connectivity index (χ1v) is 4.31. The zero-order valence-electron chi connectivity index (χ0n) is 6.66. The van der Waals surface area contributed by atoms with Gasteiger partial charge in [-0.25, -0.2) is 0 Å². The molecule has 0 radical (unpaired) electrons. The molecule has 0 saturated carbocycles. The van der Waals surface area contributed by atoms with E-state index in [0.717, 1.165) is 26.2 Å². The van der Waals surface area contributed by atoms with Crippen molar-refractivity contribution in [1.29, 1.82) is 0 Å². The number of fused-ring (bicyclic) bond motifs is 1. The van der Waals surface area contributed by atoms with Gasteiger partial charge >= 0.3 is 0 Å². The molecule has 3 atom stereocenters. The molecule has 3 heteroatoms. The van der Waals surface area contributed by atoms with Crippen molar-refractivity contribution >= 4 is 0 Å². The lowest BCUT2D eigenvalue weighted by Gasteiger charge is -2.26. The maximum atomic E-state index is 5.57. The highest BCUT2D eigenvalue weighted by molar-refractivity contribution is 4.86. The maximum absolute atomic E-state index is 5.57. The highest BCUT2D eigenvalue weighted by atomic mass is 16.5. The minimum absolute atomic E-state index is 0.309. The van der Waals surface area contributed by atoms with Crippen LogP contribution in [0, 0.1) is 11.8 Å². The molecule has 0 aliphatic carbocycles. The summed E-state index contributed by atoms with van der Waals surface area (Å²) in [7, 11) is 0. The van der Waals surface area contributed by atoms with Gasteiger partial charge in [0.1, 0.15) is 0 Å². The molecule has 3 nitrogen and oxygen atoms in total. The topological polar surface area (TPSA) is 44.5 Å². The average molecular weight is 157 g/mol. The zero-order chi connectivity index (χ0) is 7.68. The Bertz CT molecular complexity index is 134. The van der Waals surface area contributed by atoms with Crippen LogP contribution in [0.5, 0.6) is 0 Å². The fraction of sp³-hybridized carbons (Fsp3) is 1.00. The fourth-order valence-corrected chi connectivity index (χ4v) is 2.09. The molecular formula is C8H15NO2. The summed E-state index contributed by atoms with van der Waals surface area (Å²) in [5.74, 6) is 1.30. The van der Waals surface area contributed by atoms with Crippen molar-refractivity contribution < 1.29 is 9.47 Å². The predicted octanol–water partition coefficient (Wildman–Crippen LogP) is -0.00340. The molecule has 11 heavy (non-hydrogen) atoms. The van der Waals surface area contributed by atoms with Gasteiger partial charge in [-0.3, -0.25) is 0 Å². The van der Waals surface area contributed by atoms with E-state index in [1.165, 1.54) is 0 Å². The van der Waals surface area contributed by atoms with Gasteiger partial charge in [0.2, 0.25) is 0 Å². The Balaban J connectivity index is 1.98. The standard InChI is InChI=1S/C8H15NO2/c9-3-8-7-1-2-10-4-6(7)5-11-8/h6-8H,1-5,9H2/t6-,7-,8-/m1/s1. The van der Waals surface area contributed by atoms with E-state index in [0.29, 0.717) is 24.5 Å². The Morgan fingerprint density at radius 3 is 3.09 bits per heavy atom. The van der Waals surface area contributed by atoms with E-state index in [9.17, 15) is 0 Å². The van der Waals surface area contributed by atoms with Crippen molar-refractivity contribution in [2.75, 3.05) is 26.4 Å². The lowest BCUT2D eigenvalue weighted by molar-refractivity contribution is 0.0297. The summed E-state index contributed by atoms with van der Waals surface area (Å²) in [5.41, 5.74) is 5.57. The van der Waals surface area contributed by atoms with Crippen molar-refractivity contribution in [3.8, 4) is 0 Å². The van der Waals surface area contributed by atoms with Crippen LogP contribution in [-0.2, 0) is 9.47 Å². The van der Waals surface area contributed by atoms with E-state index in [1.54, 1.807) is 0 Å². The maximum Gasteiger partial charge on any atom is 0.0730 e. The SMILES string of the molecule is NC[C@H]1OC[C@H]2COCC[C@H]21. The third-order valence-corrected chi connectivity index (χ3v) is 2.77. The van der Waals surface area contributed by atoms with Crippen molar-refractivity contribution in [3.63, 3.8) is 0 Å². The molecule has 0 unspecified atom stereocenters. The quantitative estimate of drug-likeness (QED) is 0.582. The normalized spacial score (nSPS) is 43.9. The van der Waals surface area contributed by atoms with Crippen LogP contribution in [0.1, 0.15) is 6.42 Å². The molecule has 0 aromatic carbocycles. The van der Waals surface area contributed by atoms with Gasteiger partial charge in [-0.1, -0.05) is 0 Å². The minimum Gasteiger partial charge on any atom is -0.381 e. The van der Waals surface area contributed by atoms with Crippen LogP contribution in [0.3, 0.4) is 0 Å². The fourth-order valence-electron chi connectivity index (χ4n) is 2.09. The van der Waals surface area contributed by atoms with Crippen LogP contribution in [0.25, 0.3) is 0 Å². The summed E-state index contributed by atoms with van der Waals surface area (Å²) in [4.78, 5) is 0. The largest absolute Gasteiger partial charge is 0.381 e. The van der Waals surface area contributed by atoms with Crippen molar-refractivity contribution in [1.82, 2.24) is 0 Å². The second-order valence-corrected chi connectivity index (χ2v) is 3.40. The zero-order valence-corrected chi connectivity index (χ0v) is 6.66. The number of rotatable bonds is 1. The molecule has 2 rings (SSSR count). The second-order valence-electron chi connectivity index (χ2n) is 3.40. The molecule has 0 amide bonds. The molecule has 0 spiro atoms. The summed E-state index contributed by atoms with van der Waals surface area (Å²) in [6.45, 7) is 3.29. The van der Waals surface area contributed by atoms with E-state index in [-0.39, 0.29) is 0 Å². The Kier molecular flexibility index (Phi) is 2.11. The van der Waals surface area contributed by atoms with Crippen LogP contribution < -0.4 is 5.73 Å². The number of hydrogen-bond donors (Lipinski definition) is 1. The van der Waals surface area contributed by atoms with Gasteiger partial charge < -0.3 is 15.2 Å². The minimum atomic E-state index is 0.309. The van der Waals surface area contributed by atoms with Gasteiger partial charge in [0.05, 0.1) is 19.3 Å². The molecular weight excluding hydrogens is 142 g/mol. The van der Waals surface area contributed by atoms with Crippen LogP contribution in [0.15, 0.2) is 0 Å². The van der Waals surface area contributed by atoms with E-state index < -0.39 is 0 Å². The second kappa shape index (κ2) is 3.09. The molecule has 2 N–H and O–H groups in total. The smallest absolute Gasteiger partial charge is 0.0730 e. The van der Waals surface area contributed by atoms with Crippen LogP contribution in [0.4, 0.5) is 0 Å². The lowest BCUT2D eigenvalue weighted by atomic mass is 9.87. The first kappa shape index (κ1) is 7.53. The lowest BCUT2D eigenvalue weighted by Crippen LogP contribution is -2.33. The summed E-state index contributed by atoms with van der Waals surface area (Å²) in [5, 5.41) is 0. The number of hydrogen-bond acceptors (Lipinski definition) is 3. The average Bonchev–Trinajstić information content (AvgIpc) is 2.47. The molecule has 0 bridgehead atoms. The Morgan fingerprint density at radius 2 is 2.27 bits per heavy atom. The van der Waals surface area contributed by atoms with Crippen molar-refractivity contribution in [3.05, 3.63) is 0 Å². The predicted molar refractivity (Wildman–Crippen MR) is 41.2 cm³/mol. The van der Waals surface area contributed by atoms with Crippen LogP contribution in [0.2, 0.25) is 0 Å². The first-order chi connectivity index (χ1) is 5.42. The Labute approximate surface area is 66.8 Å². The monoisotopic (exact) mass is 157 g/mol. The third kappa shape index (κ3) is 1.28. The van der Waals surface area contributed by atoms with Crippen LogP contribution >= 0.6 is 0 Å². The summed E-state index contributed by atoms with van der Waals surface area (Å²) < 4.78 is 10.9. The van der Waals surface area contributed by atoms with E-state index in [1.807, 2.05) is 0 Å². The van der Waals surface area contributed by atoms with Gasteiger partial charge in [0.15, 0.2) is 0 Å². The Morgan fingerprint density at radius 1 is 1.36 bits per heavy atom. The van der Waals surface area contributed by atoms with Gasteiger partial charge in [-0.2, -0.15) is 0 Å². The summed E-state index contributed by atoms with van der Waals surface area (Å²) in [6, 6.07) is 0. The van der Waals surface area contributed by atoms with Crippen LogP contribution in [-0.4, -0.2) is 32.5 Å². The van der Waals surface area contributed by atoms with Crippen molar-refractivity contribution in [2.45, 2.75) is 12.5 Å². The molecule has 64 valence electrons. The molecule has 0 aromatic rings. The molecule has 2 aliphatic rings. The molecule has 2 fully saturated rings. The van der Waals surface area contributed by atoms with E-state index in [2.05, 4.69) is 0 Å². The Hall–Kier alpha value is -0.120. The highest BCUT2D eigenvalue weighted by Crippen LogP contribution is 2.32.